The molecule has 1 aliphatic heterocycles. The third-order valence-corrected chi connectivity index (χ3v) is 6.47. The first-order valence-electron chi connectivity index (χ1n) is 9.05. The molecule has 3 rings (SSSR count). The molecule has 1 atom stereocenters. The second-order valence-corrected chi connectivity index (χ2v) is 8.64. The van der Waals surface area contributed by atoms with Gasteiger partial charge in [0.1, 0.15) is 5.75 Å². The average Bonchev–Trinajstić information content (AvgIpc) is 2.99. The number of hydrogen-bond acceptors (Lipinski definition) is 4. The zero-order valence-corrected chi connectivity index (χ0v) is 16.5. The van der Waals surface area contributed by atoms with Gasteiger partial charge in [-0.2, -0.15) is 0 Å². The molecule has 2 aromatic rings. The Balaban J connectivity index is 1.79. The Morgan fingerprint density at radius 2 is 1.89 bits per heavy atom. The molecule has 0 aromatic heterocycles. The number of nitrogens with zero attached hydrogens (tertiary/aromatic N) is 1. The minimum atomic E-state index is -3.33. The quantitative estimate of drug-likeness (QED) is 0.822. The van der Waals surface area contributed by atoms with Gasteiger partial charge in [-0.15, -0.1) is 0 Å². The van der Waals surface area contributed by atoms with Crippen molar-refractivity contribution >= 4 is 27.3 Å². The fourth-order valence-corrected chi connectivity index (χ4v) is 4.69. The van der Waals surface area contributed by atoms with Crippen LogP contribution in [0.15, 0.2) is 42.5 Å². The summed E-state index contributed by atoms with van der Waals surface area (Å²) in [6, 6.07) is 12.2. The number of hydrogen-bond donors (Lipinski definition) is 1. The molecule has 0 unspecified atom stereocenters. The van der Waals surface area contributed by atoms with Crippen LogP contribution >= 0.6 is 0 Å². The molecule has 0 aliphatic carbocycles. The van der Waals surface area contributed by atoms with Gasteiger partial charge in [0.2, 0.25) is 10.0 Å². The molecule has 1 heterocycles. The van der Waals surface area contributed by atoms with Gasteiger partial charge in [-0.05, 0) is 75.2 Å². The summed E-state index contributed by atoms with van der Waals surface area (Å²) in [4.78, 5) is 12.6. The number of fused-ring (bicyclic) bond motifs is 1. The molecule has 144 valence electrons. The molecule has 0 radical (unpaired) electrons. The number of rotatable bonds is 6. The lowest BCUT2D eigenvalue weighted by Gasteiger charge is -2.23. The second-order valence-electron chi connectivity index (χ2n) is 6.50. The molecule has 0 saturated heterocycles. The third-order valence-electron chi connectivity index (χ3n) is 4.58. The highest BCUT2D eigenvalue weighted by Gasteiger charge is 2.34. The van der Waals surface area contributed by atoms with Crippen molar-refractivity contribution in [1.29, 1.82) is 0 Å². The van der Waals surface area contributed by atoms with Crippen LogP contribution in [-0.2, 0) is 16.4 Å². The van der Waals surface area contributed by atoms with Crippen LogP contribution in [0, 0.1) is 0 Å². The van der Waals surface area contributed by atoms with Gasteiger partial charge in [0, 0.05) is 17.3 Å². The lowest BCUT2D eigenvalue weighted by molar-refractivity contribution is 0.102. The first kappa shape index (κ1) is 19.2. The minimum Gasteiger partial charge on any atom is -0.494 e. The van der Waals surface area contributed by atoms with E-state index in [0.717, 1.165) is 11.3 Å². The smallest absolute Gasteiger partial charge is 0.255 e. The van der Waals surface area contributed by atoms with Crippen molar-refractivity contribution in [2.45, 2.75) is 33.2 Å². The van der Waals surface area contributed by atoms with E-state index < -0.39 is 10.0 Å². The van der Waals surface area contributed by atoms with Crippen molar-refractivity contribution in [2.75, 3.05) is 22.0 Å². The van der Waals surface area contributed by atoms with Gasteiger partial charge < -0.3 is 10.1 Å². The largest absolute Gasteiger partial charge is 0.494 e. The summed E-state index contributed by atoms with van der Waals surface area (Å²) in [7, 11) is -3.33. The van der Waals surface area contributed by atoms with Gasteiger partial charge in [-0.25, -0.2) is 8.42 Å². The van der Waals surface area contributed by atoms with E-state index in [1.54, 1.807) is 49.4 Å². The molecule has 7 heteroatoms. The highest BCUT2D eigenvalue weighted by Crippen LogP contribution is 2.35. The molecule has 1 aliphatic rings. The van der Waals surface area contributed by atoms with E-state index in [1.807, 2.05) is 13.8 Å². The number of anilines is 2. The van der Waals surface area contributed by atoms with Crippen LogP contribution in [0.3, 0.4) is 0 Å². The average molecular weight is 388 g/mol. The van der Waals surface area contributed by atoms with E-state index >= 15 is 0 Å². The number of benzene rings is 2. The maximum absolute atomic E-state index is 12.6. The van der Waals surface area contributed by atoms with E-state index in [1.165, 1.54) is 4.31 Å². The molecule has 1 amide bonds. The first-order chi connectivity index (χ1) is 12.9. The Labute approximate surface area is 160 Å². The molecule has 0 fully saturated rings. The monoisotopic (exact) mass is 388 g/mol. The Morgan fingerprint density at radius 1 is 1.19 bits per heavy atom. The Morgan fingerprint density at radius 3 is 2.52 bits per heavy atom. The van der Waals surface area contributed by atoms with E-state index in [0.29, 0.717) is 30.0 Å². The number of nitrogens with one attached hydrogen (secondary N) is 1. The Kier molecular flexibility index (Phi) is 5.41. The van der Waals surface area contributed by atoms with Crippen LogP contribution < -0.4 is 14.4 Å². The van der Waals surface area contributed by atoms with Crippen molar-refractivity contribution < 1.29 is 17.9 Å². The van der Waals surface area contributed by atoms with Crippen molar-refractivity contribution in [2.24, 2.45) is 0 Å². The standard InChI is InChI=1S/C20H24N2O4S/c1-4-26-18-9-7-17(8-10-18)21-20(23)15-6-11-19-16(13-15)12-14(3)22(19)27(24,25)5-2/h6-11,13-14H,4-5,12H2,1-3H3,(H,21,23)/t14-/m0/s1. The SMILES string of the molecule is CCOc1ccc(NC(=O)c2ccc3c(c2)C[C@H](C)N3S(=O)(=O)CC)cc1. The first-order valence-corrected chi connectivity index (χ1v) is 10.7. The fraction of sp³-hybridized carbons (Fsp3) is 0.350. The van der Waals surface area contributed by atoms with E-state index in [2.05, 4.69) is 5.32 Å². The minimum absolute atomic E-state index is 0.0523. The fourth-order valence-electron chi connectivity index (χ4n) is 3.31. The summed E-state index contributed by atoms with van der Waals surface area (Å²) < 4.78 is 31.6. The second kappa shape index (κ2) is 7.60. The van der Waals surface area contributed by atoms with E-state index in [4.69, 9.17) is 4.74 Å². The van der Waals surface area contributed by atoms with Crippen LogP contribution in [0.5, 0.6) is 5.75 Å². The predicted molar refractivity (Wildman–Crippen MR) is 107 cm³/mol. The topological polar surface area (TPSA) is 75.7 Å². The van der Waals surface area contributed by atoms with Gasteiger partial charge >= 0.3 is 0 Å². The highest BCUT2D eigenvalue weighted by atomic mass is 32.2. The molecular formula is C20H24N2O4S. The van der Waals surface area contributed by atoms with Crippen LogP contribution in [0.25, 0.3) is 0 Å². The van der Waals surface area contributed by atoms with Crippen molar-refractivity contribution in [3.8, 4) is 5.75 Å². The van der Waals surface area contributed by atoms with Gasteiger partial charge in [0.05, 0.1) is 18.0 Å². The molecule has 27 heavy (non-hydrogen) atoms. The van der Waals surface area contributed by atoms with Crippen molar-refractivity contribution in [3.05, 3.63) is 53.6 Å². The van der Waals surface area contributed by atoms with E-state index in [9.17, 15) is 13.2 Å². The Bertz CT molecular complexity index is 939. The molecule has 0 saturated carbocycles. The summed E-state index contributed by atoms with van der Waals surface area (Å²) in [6.07, 6.45) is 0.596. The van der Waals surface area contributed by atoms with Crippen LogP contribution in [0.1, 0.15) is 36.7 Å². The number of ether oxygens (including phenoxy) is 1. The number of carbonyl (C=O) groups is 1. The zero-order chi connectivity index (χ0) is 19.6. The molecular weight excluding hydrogens is 364 g/mol. The maximum atomic E-state index is 12.6. The number of amides is 1. The third kappa shape index (κ3) is 3.93. The summed E-state index contributed by atoms with van der Waals surface area (Å²) in [5.74, 6) is 0.571. The van der Waals surface area contributed by atoms with Crippen LogP contribution in [0.4, 0.5) is 11.4 Å². The molecule has 0 spiro atoms. The maximum Gasteiger partial charge on any atom is 0.255 e. The lowest BCUT2D eigenvalue weighted by atomic mass is 10.1. The van der Waals surface area contributed by atoms with Gasteiger partial charge in [-0.1, -0.05) is 0 Å². The summed E-state index contributed by atoms with van der Waals surface area (Å²) in [5, 5.41) is 2.86. The number of carbonyl (C=O) groups excluding carboxylic acids is 1. The van der Waals surface area contributed by atoms with E-state index in [-0.39, 0.29) is 17.7 Å². The summed E-state index contributed by atoms with van der Waals surface area (Å²) in [5.41, 5.74) is 2.72. The lowest BCUT2D eigenvalue weighted by Crippen LogP contribution is -2.36. The van der Waals surface area contributed by atoms with Gasteiger partial charge in [0.25, 0.3) is 5.91 Å². The summed E-state index contributed by atoms with van der Waals surface area (Å²) in [6.45, 7) is 6.02. The highest BCUT2D eigenvalue weighted by molar-refractivity contribution is 7.92. The van der Waals surface area contributed by atoms with Gasteiger partial charge in [0.15, 0.2) is 0 Å². The van der Waals surface area contributed by atoms with Crippen LogP contribution in [0.2, 0.25) is 0 Å². The zero-order valence-electron chi connectivity index (χ0n) is 15.7. The Hall–Kier alpha value is -2.54. The summed E-state index contributed by atoms with van der Waals surface area (Å²) >= 11 is 0. The number of sulfonamides is 1. The van der Waals surface area contributed by atoms with Crippen molar-refractivity contribution in [1.82, 2.24) is 0 Å². The predicted octanol–water partition coefficient (Wildman–Crippen LogP) is 3.44. The van der Waals surface area contributed by atoms with Crippen molar-refractivity contribution in [3.63, 3.8) is 0 Å². The normalized spacial score (nSPS) is 16.1. The van der Waals surface area contributed by atoms with Crippen LogP contribution in [-0.4, -0.2) is 32.7 Å². The molecule has 6 nitrogen and oxygen atoms in total. The molecule has 1 N–H and O–H groups in total. The molecule has 2 aromatic carbocycles. The molecule has 0 bridgehead atoms. The van der Waals surface area contributed by atoms with Gasteiger partial charge in [-0.3, -0.25) is 9.10 Å².